The van der Waals surface area contributed by atoms with Gasteiger partial charge in [0.1, 0.15) is 11.5 Å². The SMILES string of the molecule is Cc1cc(C(C)NC(CO)C(C)C)c(C)o1. The van der Waals surface area contributed by atoms with E-state index in [1.54, 1.807) is 0 Å². The van der Waals surface area contributed by atoms with Crippen LogP contribution in [-0.4, -0.2) is 17.8 Å². The van der Waals surface area contributed by atoms with E-state index >= 15 is 0 Å². The van der Waals surface area contributed by atoms with Crippen molar-refractivity contribution in [1.82, 2.24) is 5.32 Å². The fraction of sp³-hybridized carbons (Fsp3) is 0.692. The van der Waals surface area contributed by atoms with Gasteiger partial charge in [0.05, 0.1) is 6.61 Å². The summed E-state index contributed by atoms with van der Waals surface area (Å²) in [5.41, 5.74) is 1.18. The van der Waals surface area contributed by atoms with Gasteiger partial charge in [-0.2, -0.15) is 0 Å². The van der Waals surface area contributed by atoms with Gasteiger partial charge in [-0.05, 0) is 32.8 Å². The van der Waals surface area contributed by atoms with Gasteiger partial charge >= 0.3 is 0 Å². The second-order valence-electron chi connectivity index (χ2n) is 4.79. The Morgan fingerprint density at radius 1 is 1.31 bits per heavy atom. The van der Waals surface area contributed by atoms with Crippen LogP contribution in [0, 0.1) is 19.8 Å². The smallest absolute Gasteiger partial charge is 0.105 e. The van der Waals surface area contributed by atoms with Crippen LogP contribution in [0.15, 0.2) is 10.5 Å². The molecule has 1 aromatic rings. The first kappa shape index (κ1) is 13.3. The van der Waals surface area contributed by atoms with Crippen LogP contribution in [-0.2, 0) is 0 Å². The third-order valence-corrected chi connectivity index (χ3v) is 3.01. The summed E-state index contributed by atoms with van der Waals surface area (Å²) in [7, 11) is 0. The molecule has 0 aliphatic rings. The summed E-state index contributed by atoms with van der Waals surface area (Å²) < 4.78 is 5.51. The zero-order chi connectivity index (χ0) is 12.3. The summed E-state index contributed by atoms with van der Waals surface area (Å²) in [6.07, 6.45) is 0. The Kier molecular flexibility index (Phi) is 4.56. The fourth-order valence-electron chi connectivity index (χ4n) is 1.95. The van der Waals surface area contributed by atoms with Crippen molar-refractivity contribution in [3.8, 4) is 0 Å². The Morgan fingerprint density at radius 2 is 1.94 bits per heavy atom. The maximum absolute atomic E-state index is 9.28. The first-order valence-corrected chi connectivity index (χ1v) is 5.89. The van der Waals surface area contributed by atoms with Crippen LogP contribution in [0.25, 0.3) is 0 Å². The summed E-state index contributed by atoms with van der Waals surface area (Å²) >= 11 is 0. The molecule has 3 heteroatoms. The lowest BCUT2D eigenvalue weighted by Gasteiger charge is -2.24. The Morgan fingerprint density at radius 3 is 2.31 bits per heavy atom. The highest BCUT2D eigenvalue weighted by molar-refractivity contribution is 5.23. The minimum atomic E-state index is 0.129. The maximum Gasteiger partial charge on any atom is 0.105 e. The number of aliphatic hydroxyl groups is 1. The van der Waals surface area contributed by atoms with Crippen LogP contribution in [0.1, 0.15) is 43.9 Å². The van der Waals surface area contributed by atoms with Crippen molar-refractivity contribution in [1.29, 1.82) is 0 Å². The van der Waals surface area contributed by atoms with E-state index in [1.807, 2.05) is 13.8 Å². The van der Waals surface area contributed by atoms with E-state index in [-0.39, 0.29) is 18.7 Å². The fourth-order valence-corrected chi connectivity index (χ4v) is 1.95. The predicted molar refractivity (Wildman–Crippen MR) is 65.4 cm³/mol. The van der Waals surface area contributed by atoms with Gasteiger partial charge < -0.3 is 14.8 Å². The van der Waals surface area contributed by atoms with Crippen LogP contribution in [0.4, 0.5) is 0 Å². The van der Waals surface area contributed by atoms with Crippen molar-refractivity contribution in [2.45, 2.75) is 46.7 Å². The number of nitrogens with one attached hydrogen (secondary N) is 1. The highest BCUT2D eigenvalue weighted by Crippen LogP contribution is 2.22. The average Bonchev–Trinajstić information content (AvgIpc) is 2.53. The van der Waals surface area contributed by atoms with Crippen molar-refractivity contribution in [3.05, 3.63) is 23.2 Å². The molecule has 0 amide bonds. The van der Waals surface area contributed by atoms with E-state index in [4.69, 9.17) is 4.42 Å². The molecule has 3 nitrogen and oxygen atoms in total. The Bertz CT molecular complexity index is 331. The monoisotopic (exact) mass is 225 g/mol. The predicted octanol–water partition coefficient (Wildman–Crippen LogP) is 2.56. The lowest BCUT2D eigenvalue weighted by molar-refractivity contribution is 0.201. The summed E-state index contributed by atoms with van der Waals surface area (Å²) in [6, 6.07) is 2.39. The van der Waals surface area contributed by atoms with Gasteiger partial charge in [0, 0.05) is 17.6 Å². The zero-order valence-corrected chi connectivity index (χ0v) is 10.9. The van der Waals surface area contributed by atoms with Gasteiger partial charge in [-0.3, -0.25) is 0 Å². The Labute approximate surface area is 97.9 Å². The van der Waals surface area contributed by atoms with Gasteiger partial charge in [-0.1, -0.05) is 13.8 Å². The third kappa shape index (κ3) is 3.09. The molecule has 0 aliphatic carbocycles. The van der Waals surface area contributed by atoms with Crippen LogP contribution < -0.4 is 5.32 Å². The summed E-state index contributed by atoms with van der Waals surface area (Å²) in [5, 5.41) is 12.7. The van der Waals surface area contributed by atoms with Gasteiger partial charge in [0.2, 0.25) is 0 Å². The molecule has 0 aromatic carbocycles. The van der Waals surface area contributed by atoms with Crippen molar-refractivity contribution in [2.75, 3.05) is 6.61 Å². The van der Waals surface area contributed by atoms with Gasteiger partial charge in [-0.15, -0.1) is 0 Å². The highest BCUT2D eigenvalue weighted by atomic mass is 16.3. The Hall–Kier alpha value is -0.800. The first-order valence-electron chi connectivity index (χ1n) is 5.89. The lowest BCUT2D eigenvalue weighted by atomic mass is 10.0. The van der Waals surface area contributed by atoms with Crippen molar-refractivity contribution < 1.29 is 9.52 Å². The molecule has 0 spiro atoms. The number of furan rings is 1. The molecule has 2 unspecified atom stereocenters. The quantitative estimate of drug-likeness (QED) is 0.809. The summed E-state index contributed by atoms with van der Waals surface area (Å²) in [6.45, 7) is 10.4. The summed E-state index contributed by atoms with van der Waals surface area (Å²) in [5.74, 6) is 2.31. The molecule has 0 aliphatic heterocycles. The molecule has 0 saturated heterocycles. The van der Waals surface area contributed by atoms with Gasteiger partial charge in [0.15, 0.2) is 0 Å². The number of aliphatic hydroxyl groups excluding tert-OH is 1. The van der Waals surface area contributed by atoms with Crippen LogP contribution >= 0.6 is 0 Å². The second kappa shape index (κ2) is 5.51. The van der Waals surface area contributed by atoms with Gasteiger partial charge in [-0.25, -0.2) is 0 Å². The second-order valence-corrected chi connectivity index (χ2v) is 4.79. The normalized spacial score (nSPS) is 15.4. The number of aryl methyl sites for hydroxylation is 2. The van der Waals surface area contributed by atoms with E-state index in [1.165, 1.54) is 5.56 Å². The van der Waals surface area contributed by atoms with E-state index in [2.05, 4.69) is 32.2 Å². The molecular weight excluding hydrogens is 202 g/mol. The molecule has 0 saturated carbocycles. The third-order valence-electron chi connectivity index (χ3n) is 3.01. The highest BCUT2D eigenvalue weighted by Gasteiger charge is 2.18. The molecule has 2 N–H and O–H groups in total. The zero-order valence-electron chi connectivity index (χ0n) is 10.9. The number of hydrogen-bond donors (Lipinski definition) is 2. The molecule has 0 bridgehead atoms. The molecule has 92 valence electrons. The molecular formula is C13H23NO2. The van der Waals surface area contributed by atoms with Gasteiger partial charge in [0.25, 0.3) is 0 Å². The van der Waals surface area contributed by atoms with Crippen LogP contribution in [0.2, 0.25) is 0 Å². The van der Waals surface area contributed by atoms with Crippen LogP contribution in [0.3, 0.4) is 0 Å². The van der Waals surface area contributed by atoms with E-state index in [9.17, 15) is 5.11 Å². The molecule has 1 rings (SSSR count). The van der Waals surface area contributed by atoms with E-state index in [0.717, 1.165) is 11.5 Å². The van der Waals surface area contributed by atoms with Crippen LogP contribution in [0.5, 0.6) is 0 Å². The van der Waals surface area contributed by atoms with Crippen molar-refractivity contribution in [2.24, 2.45) is 5.92 Å². The van der Waals surface area contributed by atoms with E-state index in [0.29, 0.717) is 5.92 Å². The van der Waals surface area contributed by atoms with E-state index < -0.39 is 0 Å². The molecule has 1 heterocycles. The minimum Gasteiger partial charge on any atom is -0.466 e. The number of hydrogen-bond acceptors (Lipinski definition) is 3. The average molecular weight is 225 g/mol. The molecule has 0 fully saturated rings. The minimum absolute atomic E-state index is 0.129. The van der Waals surface area contributed by atoms with Crippen molar-refractivity contribution in [3.63, 3.8) is 0 Å². The Balaban J connectivity index is 2.71. The largest absolute Gasteiger partial charge is 0.466 e. The topological polar surface area (TPSA) is 45.4 Å². The van der Waals surface area contributed by atoms with Crippen molar-refractivity contribution >= 4 is 0 Å². The molecule has 2 atom stereocenters. The number of rotatable bonds is 5. The molecule has 0 radical (unpaired) electrons. The molecule has 16 heavy (non-hydrogen) atoms. The first-order chi connectivity index (χ1) is 7.45. The maximum atomic E-state index is 9.28. The lowest BCUT2D eigenvalue weighted by Crippen LogP contribution is -2.38. The standard InChI is InChI=1S/C13H23NO2/c1-8(2)13(7-15)14-10(4)12-6-9(3)16-11(12)5/h6,8,10,13-15H,7H2,1-5H3. The molecule has 1 aromatic heterocycles. The summed E-state index contributed by atoms with van der Waals surface area (Å²) in [4.78, 5) is 0.